The normalized spacial score (nSPS) is 16.8. The lowest BCUT2D eigenvalue weighted by Gasteiger charge is -2.33. The molecular formula is C14H21N3O5S2. The summed E-state index contributed by atoms with van der Waals surface area (Å²) < 4.78 is 49.9. The van der Waals surface area contributed by atoms with Crippen molar-refractivity contribution in [3.8, 4) is 0 Å². The first-order valence-corrected chi connectivity index (χ1v) is 11.0. The van der Waals surface area contributed by atoms with E-state index in [1.54, 1.807) is 30.0 Å². The van der Waals surface area contributed by atoms with Crippen LogP contribution in [0.25, 0.3) is 0 Å². The average Bonchev–Trinajstić information content (AvgIpc) is 2.53. The van der Waals surface area contributed by atoms with Gasteiger partial charge in [-0.1, -0.05) is 6.07 Å². The van der Waals surface area contributed by atoms with E-state index in [0.717, 1.165) is 6.26 Å². The number of hydrogen-bond donors (Lipinski definition) is 1. The number of benzene rings is 1. The van der Waals surface area contributed by atoms with Gasteiger partial charge in [0.2, 0.25) is 20.0 Å². The first-order valence-electron chi connectivity index (χ1n) is 7.47. The van der Waals surface area contributed by atoms with E-state index in [0.29, 0.717) is 24.3 Å². The number of amides is 1. The van der Waals surface area contributed by atoms with Gasteiger partial charge >= 0.3 is 0 Å². The Balaban J connectivity index is 2.07. The molecule has 1 fully saturated rings. The first kappa shape index (κ1) is 18.7. The number of rotatable bonds is 5. The van der Waals surface area contributed by atoms with Gasteiger partial charge in [-0.05, 0) is 25.1 Å². The Bertz CT molecular complexity index is 813. The van der Waals surface area contributed by atoms with Crippen LogP contribution in [0.2, 0.25) is 0 Å². The molecule has 0 aromatic heterocycles. The molecule has 0 radical (unpaired) electrons. The molecule has 2 rings (SSSR count). The highest BCUT2D eigenvalue weighted by atomic mass is 32.2. The number of carbonyl (C=O) groups is 1. The third-order valence-corrected chi connectivity index (χ3v) is 6.18. The van der Waals surface area contributed by atoms with Crippen LogP contribution in [0.4, 0.5) is 5.69 Å². The number of piperazine rings is 1. The topological polar surface area (TPSA) is 104 Å². The van der Waals surface area contributed by atoms with E-state index in [2.05, 4.69) is 4.72 Å². The van der Waals surface area contributed by atoms with E-state index < -0.39 is 20.0 Å². The standard InChI is InChI=1S/C14H21N3O5S2/c1-3-24(21,22)17-9-7-16(8-10-17)14(18)12-5-4-6-13(11-12)15-23(2,19)20/h4-6,11,15H,3,7-10H2,1-2H3. The van der Waals surface area contributed by atoms with E-state index in [4.69, 9.17) is 0 Å². The minimum atomic E-state index is -3.42. The van der Waals surface area contributed by atoms with Crippen molar-refractivity contribution in [3.63, 3.8) is 0 Å². The number of nitrogens with zero attached hydrogens (tertiary/aromatic N) is 2. The Kier molecular flexibility index (Phi) is 5.51. The Hall–Kier alpha value is -1.65. The van der Waals surface area contributed by atoms with E-state index in [9.17, 15) is 21.6 Å². The SMILES string of the molecule is CCS(=O)(=O)N1CCN(C(=O)c2cccc(NS(C)(=O)=O)c2)CC1. The summed E-state index contributed by atoms with van der Waals surface area (Å²) in [7, 11) is -6.66. The smallest absolute Gasteiger partial charge is 0.254 e. The summed E-state index contributed by atoms with van der Waals surface area (Å²) in [5.41, 5.74) is 0.672. The molecule has 1 aliphatic rings. The second-order valence-corrected chi connectivity index (χ2v) is 9.55. The summed E-state index contributed by atoms with van der Waals surface area (Å²) in [6.45, 7) is 2.74. The molecule has 1 saturated heterocycles. The van der Waals surface area contributed by atoms with Crippen molar-refractivity contribution in [1.29, 1.82) is 0 Å². The van der Waals surface area contributed by atoms with Crippen molar-refractivity contribution in [2.45, 2.75) is 6.92 Å². The summed E-state index contributed by atoms with van der Waals surface area (Å²) >= 11 is 0. The van der Waals surface area contributed by atoms with Crippen LogP contribution in [0.5, 0.6) is 0 Å². The summed E-state index contributed by atoms with van der Waals surface area (Å²) in [6.07, 6.45) is 1.04. The molecule has 1 amide bonds. The molecule has 0 bridgehead atoms. The van der Waals surface area contributed by atoms with Gasteiger partial charge in [-0.2, -0.15) is 4.31 Å². The van der Waals surface area contributed by atoms with Gasteiger partial charge in [0.1, 0.15) is 0 Å². The number of carbonyl (C=O) groups excluding carboxylic acids is 1. The monoisotopic (exact) mass is 375 g/mol. The lowest BCUT2D eigenvalue weighted by Crippen LogP contribution is -2.50. The zero-order chi connectivity index (χ0) is 18.0. The van der Waals surface area contributed by atoms with Gasteiger partial charge in [0, 0.05) is 37.4 Å². The minimum Gasteiger partial charge on any atom is -0.336 e. The Morgan fingerprint density at radius 3 is 2.29 bits per heavy atom. The van der Waals surface area contributed by atoms with Crippen LogP contribution in [-0.4, -0.2) is 70.1 Å². The van der Waals surface area contributed by atoms with Crippen LogP contribution in [-0.2, 0) is 20.0 Å². The van der Waals surface area contributed by atoms with E-state index >= 15 is 0 Å². The third-order valence-electron chi connectivity index (χ3n) is 3.70. The van der Waals surface area contributed by atoms with Crippen molar-refractivity contribution < 1.29 is 21.6 Å². The summed E-state index contributed by atoms with van der Waals surface area (Å²) in [6, 6.07) is 6.23. The fourth-order valence-corrected chi connectivity index (χ4v) is 4.10. The van der Waals surface area contributed by atoms with Crippen molar-refractivity contribution in [3.05, 3.63) is 29.8 Å². The van der Waals surface area contributed by atoms with Crippen LogP contribution >= 0.6 is 0 Å². The van der Waals surface area contributed by atoms with Gasteiger partial charge in [-0.15, -0.1) is 0 Å². The number of hydrogen-bond acceptors (Lipinski definition) is 5. The summed E-state index contributed by atoms with van der Waals surface area (Å²) in [5, 5.41) is 0. The molecular weight excluding hydrogens is 354 g/mol. The second-order valence-electron chi connectivity index (χ2n) is 5.55. The lowest BCUT2D eigenvalue weighted by atomic mass is 10.1. The van der Waals surface area contributed by atoms with Gasteiger partial charge in [0.05, 0.1) is 12.0 Å². The maximum absolute atomic E-state index is 12.5. The maximum Gasteiger partial charge on any atom is 0.254 e. The highest BCUT2D eigenvalue weighted by Gasteiger charge is 2.28. The molecule has 0 unspecified atom stereocenters. The lowest BCUT2D eigenvalue weighted by molar-refractivity contribution is 0.0698. The molecule has 1 aliphatic heterocycles. The van der Waals surface area contributed by atoms with Crippen LogP contribution in [0.1, 0.15) is 17.3 Å². The maximum atomic E-state index is 12.5. The third kappa shape index (κ3) is 4.68. The van der Waals surface area contributed by atoms with Crippen molar-refractivity contribution in [2.24, 2.45) is 0 Å². The fourth-order valence-electron chi connectivity index (χ4n) is 2.46. The predicted molar refractivity (Wildman–Crippen MR) is 91.8 cm³/mol. The van der Waals surface area contributed by atoms with Crippen molar-refractivity contribution in [2.75, 3.05) is 42.9 Å². The molecule has 1 aromatic rings. The summed E-state index contributed by atoms with van der Waals surface area (Å²) in [4.78, 5) is 14.1. The van der Waals surface area contributed by atoms with Crippen LogP contribution in [0.3, 0.4) is 0 Å². The highest BCUT2D eigenvalue weighted by molar-refractivity contribution is 7.92. The van der Waals surface area contributed by atoms with Crippen LogP contribution in [0, 0.1) is 0 Å². The van der Waals surface area contributed by atoms with Crippen molar-refractivity contribution >= 4 is 31.6 Å². The Morgan fingerprint density at radius 2 is 1.75 bits per heavy atom. The van der Waals surface area contributed by atoms with Crippen LogP contribution < -0.4 is 4.72 Å². The molecule has 1 aromatic carbocycles. The molecule has 1 N–H and O–H groups in total. The number of nitrogens with one attached hydrogen (secondary N) is 1. The Morgan fingerprint density at radius 1 is 1.12 bits per heavy atom. The van der Waals surface area contributed by atoms with Crippen LogP contribution in [0.15, 0.2) is 24.3 Å². The van der Waals surface area contributed by atoms with Gasteiger partial charge in [0.15, 0.2) is 0 Å². The molecule has 0 saturated carbocycles. The van der Waals surface area contributed by atoms with Crippen molar-refractivity contribution in [1.82, 2.24) is 9.21 Å². The van der Waals surface area contributed by atoms with E-state index in [1.165, 1.54) is 10.4 Å². The highest BCUT2D eigenvalue weighted by Crippen LogP contribution is 2.16. The zero-order valence-electron chi connectivity index (χ0n) is 13.6. The van der Waals surface area contributed by atoms with Gasteiger partial charge in [-0.3, -0.25) is 9.52 Å². The molecule has 0 spiro atoms. The van der Waals surface area contributed by atoms with Gasteiger partial charge in [-0.25, -0.2) is 16.8 Å². The first-order chi connectivity index (χ1) is 11.1. The number of anilines is 1. The van der Waals surface area contributed by atoms with Gasteiger partial charge in [0.25, 0.3) is 5.91 Å². The molecule has 24 heavy (non-hydrogen) atoms. The molecule has 0 aliphatic carbocycles. The molecule has 8 nitrogen and oxygen atoms in total. The largest absolute Gasteiger partial charge is 0.336 e. The second kappa shape index (κ2) is 7.08. The average molecular weight is 375 g/mol. The Labute approximate surface area is 142 Å². The quantitative estimate of drug-likeness (QED) is 0.790. The minimum absolute atomic E-state index is 0.0418. The number of sulfonamides is 2. The molecule has 10 heteroatoms. The van der Waals surface area contributed by atoms with E-state index in [1.807, 2.05) is 0 Å². The van der Waals surface area contributed by atoms with Gasteiger partial charge < -0.3 is 4.90 Å². The molecule has 0 atom stereocenters. The summed E-state index contributed by atoms with van der Waals surface area (Å²) in [5.74, 6) is -0.208. The fraction of sp³-hybridized carbons (Fsp3) is 0.500. The zero-order valence-corrected chi connectivity index (χ0v) is 15.2. The predicted octanol–water partition coefficient (Wildman–Crippen LogP) is 0.166. The molecule has 134 valence electrons. The van der Waals surface area contributed by atoms with E-state index in [-0.39, 0.29) is 24.7 Å². The molecule has 1 heterocycles.